The van der Waals surface area contributed by atoms with E-state index in [4.69, 9.17) is 5.11 Å². The summed E-state index contributed by atoms with van der Waals surface area (Å²) in [7, 11) is -3.76. The molecule has 1 fully saturated rings. The summed E-state index contributed by atoms with van der Waals surface area (Å²) in [6.07, 6.45) is 2.74. The lowest BCUT2D eigenvalue weighted by atomic mass is 10.2. The van der Waals surface area contributed by atoms with Crippen molar-refractivity contribution in [2.24, 2.45) is 0 Å². The predicted octanol–water partition coefficient (Wildman–Crippen LogP) is 0.871. The molecular formula is C15H16N2O5S. The first-order valence-electron chi connectivity index (χ1n) is 7.25. The summed E-state index contributed by atoms with van der Waals surface area (Å²) in [5.74, 6) is -1.20. The molecule has 1 aromatic heterocycles. The number of sulfonamides is 1. The lowest BCUT2D eigenvalue weighted by molar-refractivity contribution is -0.137. The van der Waals surface area contributed by atoms with E-state index in [1.54, 1.807) is 18.2 Å². The van der Waals surface area contributed by atoms with Gasteiger partial charge >= 0.3 is 5.97 Å². The fourth-order valence-electron chi connectivity index (χ4n) is 2.85. The van der Waals surface area contributed by atoms with Crippen LogP contribution in [0.25, 0.3) is 10.8 Å². The number of aliphatic carboxylic acids is 1. The molecule has 0 amide bonds. The summed E-state index contributed by atoms with van der Waals surface area (Å²) < 4.78 is 28.0. The number of benzene rings is 1. The number of aromatic nitrogens is 1. The molecule has 0 spiro atoms. The lowest BCUT2D eigenvalue weighted by Crippen LogP contribution is -2.31. The maximum Gasteiger partial charge on any atom is 0.323 e. The summed E-state index contributed by atoms with van der Waals surface area (Å²) in [5, 5.41) is 9.48. The molecule has 23 heavy (non-hydrogen) atoms. The minimum atomic E-state index is -3.76. The third kappa shape index (κ3) is 2.75. The van der Waals surface area contributed by atoms with Crippen LogP contribution < -0.4 is 5.56 Å². The highest BCUT2D eigenvalue weighted by atomic mass is 32.2. The first-order valence-corrected chi connectivity index (χ1v) is 8.69. The normalized spacial score (nSPS) is 16.0. The summed E-state index contributed by atoms with van der Waals surface area (Å²) in [6.45, 7) is 0.301. The summed E-state index contributed by atoms with van der Waals surface area (Å²) in [6, 6.07) is 6.37. The van der Waals surface area contributed by atoms with Crippen LogP contribution in [0.3, 0.4) is 0 Å². The first kappa shape index (κ1) is 15.7. The molecular weight excluding hydrogens is 320 g/mol. The number of fused-ring (bicyclic) bond motifs is 1. The molecule has 1 saturated heterocycles. The van der Waals surface area contributed by atoms with Crippen LogP contribution in [-0.4, -0.2) is 41.5 Å². The fraction of sp³-hybridized carbons (Fsp3) is 0.333. The van der Waals surface area contributed by atoms with Crippen molar-refractivity contribution in [3.05, 3.63) is 40.8 Å². The van der Waals surface area contributed by atoms with Gasteiger partial charge in [-0.15, -0.1) is 0 Å². The topological polar surface area (TPSA) is 96.7 Å². The minimum absolute atomic E-state index is 0.0177. The second kappa shape index (κ2) is 5.78. The second-order valence-electron chi connectivity index (χ2n) is 5.48. The Kier molecular flexibility index (Phi) is 3.95. The van der Waals surface area contributed by atoms with Crippen molar-refractivity contribution >= 4 is 26.8 Å². The number of nitrogens with zero attached hydrogens (tertiary/aromatic N) is 2. The Hall–Kier alpha value is -2.19. The molecule has 2 heterocycles. The lowest BCUT2D eigenvalue weighted by Gasteiger charge is -2.18. The first-order chi connectivity index (χ1) is 10.9. The Morgan fingerprint density at radius 2 is 1.74 bits per heavy atom. The van der Waals surface area contributed by atoms with E-state index in [2.05, 4.69) is 0 Å². The standard InChI is InChI=1S/C15H16N2O5S/c18-14(19)10-16-9-13(23(21,22)17-7-3-4-8-17)11-5-1-2-6-12(11)15(16)20/h1-2,5-6,9H,3-4,7-8,10H2,(H,18,19). The smallest absolute Gasteiger partial charge is 0.323 e. The van der Waals surface area contributed by atoms with Crippen LogP contribution >= 0.6 is 0 Å². The van der Waals surface area contributed by atoms with Crippen molar-refractivity contribution in [3.63, 3.8) is 0 Å². The highest BCUT2D eigenvalue weighted by Gasteiger charge is 2.30. The van der Waals surface area contributed by atoms with E-state index in [-0.39, 0.29) is 10.3 Å². The van der Waals surface area contributed by atoms with E-state index in [0.717, 1.165) is 23.6 Å². The van der Waals surface area contributed by atoms with Gasteiger partial charge in [-0.25, -0.2) is 8.42 Å². The number of hydrogen-bond donors (Lipinski definition) is 1. The van der Waals surface area contributed by atoms with Crippen molar-refractivity contribution in [2.75, 3.05) is 13.1 Å². The number of rotatable bonds is 4. The molecule has 1 aliphatic heterocycles. The molecule has 1 aromatic carbocycles. The van der Waals surface area contributed by atoms with Gasteiger partial charge in [0, 0.05) is 30.1 Å². The Balaban J connectivity index is 2.29. The highest BCUT2D eigenvalue weighted by Crippen LogP contribution is 2.26. The molecule has 0 aliphatic carbocycles. The largest absolute Gasteiger partial charge is 0.480 e. The van der Waals surface area contributed by atoms with E-state index < -0.39 is 28.1 Å². The van der Waals surface area contributed by atoms with Gasteiger partial charge in [0.1, 0.15) is 11.4 Å². The zero-order valence-electron chi connectivity index (χ0n) is 12.3. The minimum Gasteiger partial charge on any atom is -0.480 e. The average molecular weight is 336 g/mol. The zero-order chi connectivity index (χ0) is 16.6. The molecule has 2 aromatic rings. The third-order valence-corrected chi connectivity index (χ3v) is 5.87. The average Bonchev–Trinajstić information content (AvgIpc) is 3.05. The van der Waals surface area contributed by atoms with Gasteiger partial charge in [0.05, 0.1) is 0 Å². The summed E-state index contributed by atoms with van der Waals surface area (Å²) in [4.78, 5) is 23.3. The number of pyridine rings is 1. The van der Waals surface area contributed by atoms with Crippen molar-refractivity contribution in [1.82, 2.24) is 8.87 Å². The van der Waals surface area contributed by atoms with Gasteiger partial charge in [-0.05, 0) is 18.9 Å². The molecule has 0 unspecified atom stereocenters. The summed E-state index contributed by atoms with van der Waals surface area (Å²) >= 11 is 0. The zero-order valence-corrected chi connectivity index (χ0v) is 13.1. The van der Waals surface area contributed by atoms with E-state index in [1.165, 1.54) is 10.4 Å². The fourth-order valence-corrected chi connectivity index (χ4v) is 4.58. The van der Waals surface area contributed by atoms with E-state index in [9.17, 15) is 18.0 Å². The van der Waals surface area contributed by atoms with E-state index >= 15 is 0 Å². The molecule has 3 rings (SSSR count). The van der Waals surface area contributed by atoms with Crippen molar-refractivity contribution < 1.29 is 18.3 Å². The molecule has 1 aliphatic rings. The van der Waals surface area contributed by atoms with Gasteiger partial charge in [0.2, 0.25) is 10.0 Å². The number of hydrogen-bond acceptors (Lipinski definition) is 4. The molecule has 0 atom stereocenters. The van der Waals surface area contributed by atoms with Crippen LogP contribution in [0, 0.1) is 0 Å². The van der Waals surface area contributed by atoms with Crippen LogP contribution in [0.5, 0.6) is 0 Å². The van der Waals surface area contributed by atoms with Crippen LogP contribution in [-0.2, 0) is 21.4 Å². The van der Waals surface area contributed by atoms with Crippen LogP contribution in [0.2, 0.25) is 0 Å². The monoisotopic (exact) mass is 336 g/mol. The van der Waals surface area contributed by atoms with Crippen molar-refractivity contribution in [1.29, 1.82) is 0 Å². The summed E-state index contributed by atoms with van der Waals surface area (Å²) in [5.41, 5.74) is -0.511. The van der Waals surface area contributed by atoms with E-state index in [0.29, 0.717) is 18.5 Å². The number of carboxylic acids is 1. The van der Waals surface area contributed by atoms with Crippen molar-refractivity contribution in [2.45, 2.75) is 24.3 Å². The Morgan fingerprint density at radius 1 is 1.13 bits per heavy atom. The third-order valence-electron chi connectivity index (χ3n) is 3.95. The predicted molar refractivity (Wildman–Crippen MR) is 83.8 cm³/mol. The molecule has 8 heteroatoms. The molecule has 122 valence electrons. The molecule has 0 saturated carbocycles. The van der Waals surface area contributed by atoms with Gasteiger partial charge in [-0.2, -0.15) is 4.31 Å². The maximum absolute atomic E-state index is 12.9. The molecule has 0 radical (unpaired) electrons. The SMILES string of the molecule is O=C(O)Cn1cc(S(=O)(=O)N2CCCC2)c2ccccc2c1=O. The maximum atomic E-state index is 12.9. The van der Waals surface area contributed by atoms with Crippen LogP contribution in [0.1, 0.15) is 12.8 Å². The van der Waals surface area contributed by atoms with Crippen LogP contribution in [0.4, 0.5) is 0 Å². The van der Waals surface area contributed by atoms with Gasteiger partial charge in [-0.3, -0.25) is 9.59 Å². The van der Waals surface area contributed by atoms with E-state index in [1.807, 2.05) is 0 Å². The molecule has 7 nitrogen and oxygen atoms in total. The van der Waals surface area contributed by atoms with Gasteiger partial charge in [-0.1, -0.05) is 18.2 Å². The van der Waals surface area contributed by atoms with Gasteiger partial charge in [0.15, 0.2) is 0 Å². The van der Waals surface area contributed by atoms with Gasteiger partial charge in [0.25, 0.3) is 5.56 Å². The Bertz CT molecular complexity index is 927. The number of carbonyl (C=O) groups is 1. The molecule has 1 N–H and O–H groups in total. The number of carboxylic acid groups (broad SMARTS) is 1. The second-order valence-corrected chi connectivity index (χ2v) is 7.38. The quantitative estimate of drug-likeness (QED) is 0.893. The molecule has 0 bridgehead atoms. The van der Waals surface area contributed by atoms with Gasteiger partial charge < -0.3 is 9.67 Å². The van der Waals surface area contributed by atoms with Crippen molar-refractivity contribution in [3.8, 4) is 0 Å². The Morgan fingerprint density at radius 3 is 2.35 bits per heavy atom. The van der Waals surface area contributed by atoms with Crippen LogP contribution in [0.15, 0.2) is 40.2 Å². The Labute approximate surface area is 132 Å². The highest BCUT2D eigenvalue weighted by molar-refractivity contribution is 7.89.